The largest absolute Gasteiger partial charge is 0.494 e. The van der Waals surface area contributed by atoms with Crippen LogP contribution in [0.5, 0.6) is 5.75 Å². The molecule has 0 aliphatic rings. The Kier molecular flexibility index (Phi) is 9.07. The van der Waals surface area contributed by atoms with E-state index < -0.39 is 0 Å². The number of hydrogen-bond acceptors (Lipinski definition) is 4. The number of pyridine rings is 1. The number of ether oxygens (including phenoxy) is 1. The third kappa shape index (κ3) is 6.36. The second kappa shape index (κ2) is 12.0. The molecule has 1 aromatic heterocycles. The molecule has 0 spiro atoms. The van der Waals surface area contributed by atoms with E-state index in [0.29, 0.717) is 23.8 Å². The number of likely N-dealkylation sites (N-methyl/N-ethyl adjacent to an activating group) is 1. The molecule has 3 rings (SSSR count). The van der Waals surface area contributed by atoms with Gasteiger partial charge in [-0.05, 0) is 87.5 Å². The third-order valence-corrected chi connectivity index (χ3v) is 6.53. The minimum atomic E-state index is -0.0714. The summed E-state index contributed by atoms with van der Waals surface area (Å²) in [7, 11) is 0. The number of H-pyrrole nitrogens is 1. The van der Waals surface area contributed by atoms with Crippen LogP contribution in [-0.4, -0.2) is 52.7 Å². The summed E-state index contributed by atoms with van der Waals surface area (Å²) in [6, 6.07) is 13.9. The van der Waals surface area contributed by atoms with Gasteiger partial charge in [0.25, 0.3) is 5.56 Å². The van der Waals surface area contributed by atoms with E-state index in [1.54, 1.807) is 0 Å². The number of thiocarbonyl (C=S) groups is 1. The predicted octanol–water partition coefficient (Wildman–Crippen LogP) is 5.08. The van der Waals surface area contributed by atoms with Crippen LogP contribution < -0.4 is 15.6 Å². The third-order valence-electron chi connectivity index (χ3n) is 6.17. The molecule has 0 aliphatic heterocycles. The number of nitrogens with one attached hydrogen (secondary N) is 2. The van der Waals surface area contributed by atoms with Crippen molar-refractivity contribution in [1.29, 1.82) is 0 Å². The summed E-state index contributed by atoms with van der Waals surface area (Å²) in [5, 5.41) is 5.01. The smallest absolute Gasteiger partial charge is 0.253 e. The average molecular weight is 481 g/mol. The van der Waals surface area contributed by atoms with Crippen LogP contribution >= 0.6 is 12.2 Å². The number of fused-ring (bicyclic) bond motifs is 1. The molecule has 0 saturated carbocycles. The van der Waals surface area contributed by atoms with Crippen LogP contribution in [0.1, 0.15) is 37.5 Å². The van der Waals surface area contributed by atoms with E-state index >= 15 is 0 Å². The van der Waals surface area contributed by atoms with Gasteiger partial charge in [-0.2, -0.15) is 0 Å². The molecule has 182 valence electrons. The van der Waals surface area contributed by atoms with Crippen LogP contribution in [0.3, 0.4) is 0 Å². The monoisotopic (exact) mass is 480 g/mol. The quantitative estimate of drug-likeness (QED) is 0.395. The molecule has 2 aromatic carbocycles. The normalized spacial score (nSPS) is 11.1. The second-order valence-electron chi connectivity index (χ2n) is 8.45. The minimum absolute atomic E-state index is 0.0714. The molecule has 0 unspecified atom stereocenters. The summed E-state index contributed by atoms with van der Waals surface area (Å²) in [4.78, 5) is 20.5. The molecule has 6 nitrogen and oxygen atoms in total. The summed E-state index contributed by atoms with van der Waals surface area (Å²) in [6.45, 7) is 14.9. The fraction of sp³-hybridized carbons (Fsp3) is 0.407. The highest BCUT2D eigenvalue weighted by molar-refractivity contribution is 7.80. The second-order valence-corrected chi connectivity index (χ2v) is 8.83. The molecule has 34 heavy (non-hydrogen) atoms. The maximum atomic E-state index is 13.0. The van der Waals surface area contributed by atoms with Gasteiger partial charge in [-0.3, -0.25) is 4.79 Å². The average Bonchev–Trinajstić information content (AvgIpc) is 2.83. The minimum Gasteiger partial charge on any atom is -0.494 e. The molecule has 3 aromatic rings. The van der Waals surface area contributed by atoms with Crippen molar-refractivity contribution in [2.45, 2.75) is 41.2 Å². The number of hydrogen-bond donors (Lipinski definition) is 2. The number of benzene rings is 2. The van der Waals surface area contributed by atoms with Crippen LogP contribution in [0.15, 0.2) is 47.3 Å². The van der Waals surface area contributed by atoms with E-state index in [-0.39, 0.29) is 5.56 Å². The number of anilines is 1. The molecule has 0 fully saturated rings. The number of aromatic nitrogens is 1. The fourth-order valence-corrected chi connectivity index (χ4v) is 4.27. The molecule has 7 heteroatoms. The standard InChI is InChI=1S/C27H36N4O2S/c1-6-30(7-2)15-16-31(27(34)28-22-11-13-23(14-12-22)33-8-3)18-21-17-24-19(4)9-10-20(5)25(24)29-26(21)32/h9-14,17H,6-8,15-16,18H2,1-5H3,(H,28,34)(H,29,32). The molecule has 0 radical (unpaired) electrons. The predicted molar refractivity (Wildman–Crippen MR) is 146 cm³/mol. The Balaban J connectivity index is 1.86. The van der Waals surface area contributed by atoms with Crippen molar-refractivity contribution in [3.05, 3.63) is 69.5 Å². The molecule has 0 amide bonds. The van der Waals surface area contributed by atoms with E-state index in [4.69, 9.17) is 17.0 Å². The van der Waals surface area contributed by atoms with Crippen molar-refractivity contribution < 1.29 is 4.74 Å². The lowest BCUT2D eigenvalue weighted by molar-refractivity contribution is 0.266. The summed E-state index contributed by atoms with van der Waals surface area (Å²) < 4.78 is 5.53. The van der Waals surface area contributed by atoms with Gasteiger partial charge in [0, 0.05) is 29.7 Å². The van der Waals surface area contributed by atoms with E-state index in [0.717, 1.165) is 59.6 Å². The maximum Gasteiger partial charge on any atom is 0.253 e. The first-order valence-corrected chi connectivity index (χ1v) is 12.4. The summed E-state index contributed by atoms with van der Waals surface area (Å²) in [6.07, 6.45) is 0. The Labute approximate surface area is 207 Å². The summed E-state index contributed by atoms with van der Waals surface area (Å²) in [5.74, 6) is 0.825. The molecule has 0 saturated heterocycles. The SMILES string of the molecule is CCOc1ccc(NC(=S)N(CCN(CC)CC)Cc2cc3c(C)ccc(C)c3[nH]c2=O)cc1. The maximum absolute atomic E-state index is 13.0. The number of nitrogens with zero attached hydrogens (tertiary/aromatic N) is 2. The van der Waals surface area contributed by atoms with Gasteiger partial charge in [0.05, 0.1) is 18.7 Å². The Bertz CT molecular complexity index is 1170. The van der Waals surface area contributed by atoms with E-state index in [9.17, 15) is 4.79 Å². The summed E-state index contributed by atoms with van der Waals surface area (Å²) >= 11 is 5.80. The van der Waals surface area contributed by atoms with Crippen molar-refractivity contribution in [2.24, 2.45) is 0 Å². The zero-order chi connectivity index (χ0) is 24.7. The lowest BCUT2D eigenvalue weighted by atomic mass is 10.0. The topological polar surface area (TPSA) is 60.6 Å². The molecular weight excluding hydrogens is 444 g/mol. The highest BCUT2D eigenvalue weighted by atomic mass is 32.1. The van der Waals surface area contributed by atoms with Crippen molar-refractivity contribution in [3.63, 3.8) is 0 Å². The van der Waals surface area contributed by atoms with Crippen LogP contribution in [-0.2, 0) is 6.54 Å². The van der Waals surface area contributed by atoms with Gasteiger partial charge in [-0.25, -0.2) is 0 Å². The van der Waals surface area contributed by atoms with Crippen molar-refractivity contribution >= 4 is 33.9 Å². The van der Waals surface area contributed by atoms with Crippen LogP contribution in [0, 0.1) is 13.8 Å². The molecule has 1 heterocycles. The highest BCUT2D eigenvalue weighted by Crippen LogP contribution is 2.21. The molecular formula is C27H36N4O2S. The van der Waals surface area contributed by atoms with Gasteiger partial charge >= 0.3 is 0 Å². The first kappa shape index (κ1) is 25.7. The van der Waals surface area contributed by atoms with Gasteiger partial charge in [0.2, 0.25) is 0 Å². The number of aryl methyl sites for hydroxylation is 2. The lowest BCUT2D eigenvalue weighted by Crippen LogP contribution is -2.41. The van der Waals surface area contributed by atoms with E-state index in [1.165, 1.54) is 0 Å². The molecule has 2 N–H and O–H groups in total. The van der Waals surface area contributed by atoms with Crippen LogP contribution in [0.2, 0.25) is 0 Å². The van der Waals surface area contributed by atoms with Gasteiger partial charge in [-0.15, -0.1) is 0 Å². The van der Waals surface area contributed by atoms with Gasteiger partial charge in [-0.1, -0.05) is 26.0 Å². The Hall–Kier alpha value is -2.90. The zero-order valence-electron chi connectivity index (χ0n) is 20.9. The summed E-state index contributed by atoms with van der Waals surface area (Å²) in [5.41, 5.74) is 4.63. The van der Waals surface area contributed by atoms with E-state index in [2.05, 4.69) is 46.9 Å². The van der Waals surface area contributed by atoms with Gasteiger partial charge in [0.15, 0.2) is 5.11 Å². The van der Waals surface area contributed by atoms with Crippen LogP contribution in [0.25, 0.3) is 10.9 Å². The number of aromatic amines is 1. The number of rotatable bonds is 10. The fourth-order valence-electron chi connectivity index (χ4n) is 4.00. The van der Waals surface area contributed by atoms with E-state index in [1.807, 2.05) is 50.2 Å². The Morgan fingerprint density at radius 2 is 1.68 bits per heavy atom. The molecule has 0 atom stereocenters. The molecule has 0 bridgehead atoms. The Morgan fingerprint density at radius 3 is 2.32 bits per heavy atom. The Morgan fingerprint density at radius 1 is 1.00 bits per heavy atom. The molecule has 0 aliphatic carbocycles. The van der Waals surface area contributed by atoms with Gasteiger partial charge in [0.1, 0.15) is 5.75 Å². The first-order chi connectivity index (χ1) is 16.4. The lowest BCUT2D eigenvalue weighted by Gasteiger charge is -2.29. The van der Waals surface area contributed by atoms with Crippen molar-refractivity contribution in [2.75, 3.05) is 38.1 Å². The van der Waals surface area contributed by atoms with Crippen molar-refractivity contribution in [3.8, 4) is 5.75 Å². The van der Waals surface area contributed by atoms with Gasteiger partial charge < -0.3 is 24.8 Å². The first-order valence-electron chi connectivity index (χ1n) is 12.0. The zero-order valence-corrected chi connectivity index (χ0v) is 21.7. The van der Waals surface area contributed by atoms with Crippen LogP contribution in [0.4, 0.5) is 5.69 Å². The van der Waals surface area contributed by atoms with Crippen molar-refractivity contribution in [1.82, 2.24) is 14.8 Å². The highest BCUT2D eigenvalue weighted by Gasteiger charge is 2.16.